The average molecular weight is 394 g/mol. The summed E-state index contributed by atoms with van der Waals surface area (Å²) < 4.78 is 6.53. The Labute approximate surface area is 158 Å². The van der Waals surface area contributed by atoms with E-state index in [1.807, 2.05) is 0 Å². The van der Waals surface area contributed by atoms with Crippen molar-refractivity contribution in [2.24, 2.45) is 0 Å². The summed E-state index contributed by atoms with van der Waals surface area (Å²) in [5, 5.41) is 7.08. The van der Waals surface area contributed by atoms with Crippen molar-refractivity contribution in [1.82, 2.24) is 19.6 Å². The van der Waals surface area contributed by atoms with Gasteiger partial charge in [0, 0.05) is 11.9 Å². The molecule has 0 radical (unpaired) electrons. The normalized spacial score (nSPS) is 12.0. The predicted octanol–water partition coefficient (Wildman–Crippen LogP) is 2.92. The average Bonchev–Trinajstić information content (AvgIpc) is 3.04. The zero-order valence-corrected chi connectivity index (χ0v) is 15.2. The van der Waals surface area contributed by atoms with E-state index in [-0.39, 0.29) is 16.6 Å². The highest BCUT2D eigenvalue weighted by Crippen LogP contribution is 2.29. The fourth-order valence-corrected chi connectivity index (χ4v) is 2.44. The summed E-state index contributed by atoms with van der Waals surface area (Å²) in [6, 6.07) is 6.53. The maximum atomic E-state index is 12.2. The third-order valence-corrected chi connectivity index (χ3v) is 4.29. The largest absolute Gasteiger partial charge is 0.447 e. The molecule has 0 aliphatic carbocycles. The number of anilines is 1. The number of amides is 1. The van der Waals surface area contributed by atoms with Gasteiger partial charge in [-0.2, -0.15) is 4.98 Å². The van der Waals surface area contributed by atoms with Gasteiger partial charge < -0.3 is 10.1 Å². The number of aromatic nitrogens is 4. The molecule has 10 heteroatoms. The van der Waals surface area contributed by atoms with Crippen LogP contribution in [0.25, 0.3) is 5.78 Å². The standard InChI is InChI=1S/C16H13Cl2N5O3/c1-8-6-7-19-16-21-13(22-23(8)16)15(25)26-9(2)14(24)20-11-5-3-4-10(17)12(11)18/h3-7,9H,1-2H3,(H,20,24)/t9-/m0/s1. The molecular weight excluding hydrogens is 381 g/mol. The van der Waals surface area contributed by atoms with Crippen molar-refractivity contribution in [3.63, 3.8) is 0 Å². The highest BCUT2D eigenvalue weighted by atomic mass is 35.5. The summed E-state index contributed by atoms with van der Waals surface area (Å²) in [4.78, 5) is 32.4. The summed E-state index contributed by atoms with van der Waals surface area (Å²) in [7, 11) is 0. The van der Waals surface area contributed by atoms with E-state index in [0.29, 0.717) is 10.7 Å². The van der Waals surface area contributed by atoms with Crippen LogP contribution in [0.3, 0.4) is 0 Å². The maximum Gasteiger partial charge on any atom is 0.379 e. The van der Waals surface area contributed by atoms with Gasteiger partial charge in [-0.15, -0.1) is 5.10 Å². The summed E-state index contributed by atoms with van der Waals surface area (Å²) in [5.41, 5.74) is 1.07. The molecule has 8 nitrogen and oxygen atoms in total. The van der Waals surface area contributed by atoms with E-state index in [4.69, 9.17) is 27.9 Å². The summed E-state index contributed by atoms with van der Waals surface area (Å²) in [6.45, 7) is 3.22. The number of nitrogens with zero attached hydrogens (tertiary/aromatic N) is 4. The molecule has 0 fully saturated rings. The van der Waals surface area contributed by atoms with Gasteiger partial charge in [0.2, 0.25) is 0 Å². The van der Waals surface area contributed by atoms with E-state index < -0.39 is 18.0 Å². The van der Waals surface area contributed by atoms with Crippen molar-refractivity contribution in [1.29, 1.82) is 0 Å². The van der Waals surface area contributed by atoms with Crippen LogP contribution in [0.5, 0.6) is 0 Å². The molecule has 0 spiro atoms. The van der Waals surface area contributed by atoms with Gasteiger partial charge in [0.1, 0.15) is 0 Å². The Balaban J connectivity index is 1.70. The minimum Gasteiger partial charge on any atom is -0.447 e. The molecule has 0 unspecified atom stereocenters. The van der Waals surface area contributed by atoms with Crippen LogP contribution in [0.1, 0.15) is 23.2 Å². The van der Waals surface area contributed by atoms with Gasteiger partial charge in [-0.25, -0.2) is 14.3 Å². The number of esters is 1. The zero-order valence-electron chi connectivity index (χ0n) is 13.7. The number of carbonyl (C=O) groups excluding carboxylic acids is 2. The number of carbonyl (C=O) groups is 2. The predicted molar refractivity (Wildman–Crippen MR) is 95.5 cm³/mol. The second-order valence-electron chi connectivity index (χ2n) is 5.37. The Morgan fingerprint density at radius 2 is 2.04 bits per heavy atom. The highest BCUT2D eigenvalue weighted by molar-refractivity contribution is 6.44. The lowest BCUT2D eigenvalue weighted by Gasteiger charge is -2.13. The van der Waals surface area contributed by atoms with Crippen molar-refractivity contribution in [2.75, 3.05) is 5.32 Å². The molecule has 3 rings (SSSR count). The lowest BCUT2D eigenvalue weighted by molar-refractivity contribution is -0.123. The van der Waals surface area contributed by atoms with Gasteiger partial charge in [-0.05, 0) is 32.0 Å². The Bertz CT molecular complexity index is 1000. The Morgan fingerprint density at radius 3 is 2.77 bits per heavy atom. The minimum absolute atomic E-state index is 0.188. The van der Waals surface area contributed by atoms with Crippen LogP contribution in [0.15, 0.2) is 30.5 Å². The second-order valence-corrected chi connectivity index (χ2v) is 6.16. The van der Waals surface area contributed by atoms with Gasteiger partial charge in [-0.3, -0.25) is 4.79 Å². The van der Waals surface area contributed by atoms with Crippen molar-refractivity contribution in [2.45, 2.75) is 20.0 Å². The van der Waals surface area contributed by atoms with E-state index in [9.17, 15) is 9.59 Å². The monoisotopic (exact) mass is 393 g/mol. The SMILES string of the molecule is Cc1ccnc2nc(C(=O)O[C@@H](C)C(=O)Nc3cccc(Cl)c3Cl)nn12. The summed E-state index contributed by atoms with van der Waals surface area (Å²) in [6.07, 6.45) is 0.456. The molecule has 0 aliphatic heterocycles. The van der Waals surface area contributed by atoms with E-state index in [1.165, 1.54) is 11.4 Å². The topological polar surface area (TPSA) is 98.5 Å². The van der Waals surface area contributed by atoms with Crippen molar-refractivity contribution < 1.29 is 14.3 Å². The smallest absolute Gasteiger partial charge is 0.379 e. The first-order chi connectivity index (χ1) is 12.4. The number of hydrogen-bond acceptors (Lipinski definition) is 6. The molecule has 26 heavy (non-hydrogen) atoms. The summed E-state index contributed by atoms with van der Waals surface area (Å²) >= 11 is 11.9. The molecule has 2 aromatic heterocycles. The van der Waals surface area contributed by atoms with E-state index >= 15 is 0 Å². The van der Waals surface area contributed by atoms with Gasteiger partial charge in [0.05, 0.1) is 15.7 Å². The van der Waals surface area contributed by atoms with Crippen LogP contribution in [-0.4, -0.2) is 37.6 Å². The molecule has 1 atom stereocenters. The first kappa shape index (κ1) is 18.1. The minimum atomic E-state index is -1.10. The number of nitrogens with one attached hydrogen (secondary N) is 1. The third kappa shape index (κ3) is 3.61. The number of fused-ring (bicyclic) bond motifs is 1. The molecule has 0 bridgehead atoms. The van der Waals surface area contributed by atoms with Gasteiger partial charge in [0.25, 0.3) is 17.5 Å². The summed E-state index contributed by atoms with van der Waals surface area (Å²) in [5.74, 6) is -1.33. The number of ether oxygens (including phenoxy) is 1. The van der Waals surface area contributed by atoms with E-state index in [0.717, 1.165) is 5.69 Å². The molecule has 134 valence electrons. The first-order valence-corrected chi connectivity index (χ1v) is 8.26. The fraction of sp³-hybridized carbons (Fsp3) is 0.188. The van der Waals surface area contributed by atoms with Crippen LogP contribution in [0, 0.1) is 6.92 Å². The molecule has 1 amide bonds. The quantitative estimate of drug-likeness (QED) is 0.684. The van der Waals surface area contributed by atoms with Crippen molar-refractivity contribution in [3.05, 3.63) is 52.0 Å². The van der Waals surface area contributed by atoms with E-state index in [1.54, 1.807) is 37.4 Å². The van der Waals surface area contributed by atoms with Crippen LogP contribution < -0.4 is 5.32 Å². The Hall–Kier alpha value is -2.71. The van der Waals surface area contributed by atoms with Crippen LogP contribution in [0.2, 0.25) is 10.0 Å². The number of aryl methyl sites for hydroxylation is 1. The number of rotatable bonds is 4. The fourth-order valence-electron chi connectivity index (χ4n) is 2.09. The molecule has 1 aromatic carbocycles. The first-order valence-electron chi connectivity index (χ1n) is 7.51. The Kier molecular flexibility index (Phi) is 5.06. The molecule has 0 aliphatic rings. The second kappa shape index (κ2) is 7.27. The highest BCUT2D eigenvalue weighted by Gasteiger charge is 2.23. The number of hydrogen-bond donors (Lipinski definition) is 1. The third-order valence-electron chi connectivity index (χ3n) is 3.47. The van der Waals surface area contributed by atoms with Crippen LogP contribution in [0.4, 0.5) is 5.69 Å². The van der Waals surface area contributed by atoms with Crippen molar-refractivity contribution in [3.8, 4) is 0 Å². The van der Waals surface area contributed by atoms with Gasteiger partial charge in [0.15, 0.2) is 6.10 Å². The maximum absolute atomic E-state index is 12.2. The van der Waals surface area contributed by atoms with E-state index in [2.05, 4.69) is 20.4 Å². The molecule has 1 N–H and O–H groups in total. The number of benzene rings is 1. The Morgan fingerprint density at radius 1 is 1.27 bits per heavy atom. The van der Waals surface area contributed by atoms with Gasteiger partial charge >= 0.3 is 5.97 Å². The lowest BCUT2D eigenvalue weighted by Crippen LogP contribution is -2.30. The van der Waals surface area contributed by atoms with Crippen LogP contribution >= 0.6 is 23.2 Å². The molecule has 3 aromatic rings. The molecule has 2 heterocycles. The zero-order chi connectivity index (χ0) is 18.8. The lowest BCUT2D eigenvalue weighted by atomic mass is 10.3. The molecule has 0 saturated carbocycles. The van der Waals surface area contributed by atoms with Crippen LogP contribution in [-0.2, 0) is 9.53 Å². The molecule has 0 saturated heterocycles. The number of halogens is 2. The van der Waals surface area contributed by atoms with Crippen molar-refractivity contribution >= 4 is 46.5 Å². The van der Waals surface area contributed by atoms with Gasteiger partial charge in [-0.1, -0.05) is 29.3 Å². The molecular formula is C16H13Cl2N5O3.